The second kappa shape index (κ2) is 4.74. The summed E-state index contributed by atoms with van der Waals surface area (Å²) in [5.41, 5.74) is 0.973. The minimum absolute atomic E-state index is 0.162. The molecular formula is C14H18O4S. The van der Waals surface area contributed by atoms with E-state index in [1.807, 2.05) is 6.92 Å². The van der Waals surface area contributed by atoms with Crippen molar-refractivity contribution in [3.8, 4) is 0 Å². The highest BCUT2D eigenvalue weighted by Crippen LogP contribution is 2.49. The van der Waals surface area contributed by atoms with Crippen molar-refractivity contribution in [1.82, 2.24) is 0 Å². The number of aliphatic hydroxyl groups is 1. The third kappa shape index (κ3) is 2.02. The van der Waals surface area contributed by atoms with Crippen LogP contribution in [0.1, 0.15) is 18.9 Å². The molecule has 3 atom stereocenters. The molecule has 1 aliphatic heterocycles. The molecule has 5 heteroatoms. The van der Waals surface area contributed by atoms with Crippen LogP contribution in [0.2, 0.25) is 0 Å². The van der Waals surface area contributed by atoms with Gasteiger partial charge < -0.3 is 9.84 Å². The van der Waals surface area contributed by atoms with Gasteiger partial charge in [0.15, 0.2) is 0 Å². The van der Waals surface area contributed by atoms with E-state index in [0.717, 1.165) is 5.56 Å². The highest BCUT2D eigenvalue weighted by molar-refractivity contribution is 7.93. The van der Waals surface area contributed by atoms with Gasteiger partial charge in [0.05, 0.1) is 4.90 Å². The predicted molar refractivity (Wildman–Crippen MR) is 72.5 cm³/mol. The average Bonchev–Trinajstić information content (AvgIpc) is 3.14. The van der Waals surface area contributed by atoms with Gasteiger partial charge in [0.1, 0.15) is 12.2 Å². The maximum atomic E-state index is 12.7. The summed E-state index contributed by atoms with van der Waals surface area (Å²) in [4.78, 5) is -1.41. The molecule has 1 heterocycles. The van der Waals surface area contributed by atoms with E-state index in [1.165, 1.54) is 18.2 Å². The molecule has 0 radical (unpaired) electrons. The minimum atomic E-state index is -3.76. The van der Waals surface area contributed by atoms with Gasteiger partial charge in [-0.05, 0) is 25.5 Å². The molecule has 1 saturated heterocycles. The molecular weight excluding hydrogens is 264 g/mol. The van der Waals surface area contributed by atoms with Gasteiger partial charge in [-0.2, -0.15) is 0 Å². The Morgan fingerprint density at radius 3 is 2.47 bits per heavy atom. The van der Waals surface area contributed by atoms with Gasteiger partial charge in [-0.3, -0.25) is 0 Å². The van der Waals surface area contributed by atoms with Crippen molar-refractivity contribution < 1.29 is 18.3 Å². The Kier molecular flexibility index (Phi) is 3.55. The van der Waals surface area contributed by atoms with Crippen molar-refractivity contribution in [2.24, 2.45) is 0 Å². The van der Waals surface area contributed by atoms with Crippen LogP contribution in [0.4, 0.5) is 0 Å². The molecule has 0 aliphatic carbocycles. The Labute approximate surface area is 113 Å². The maximum Gasteiger partial charge on any atom is 0.229 e. The lowest BCUT2D eigenvalue weighted by atomic mass is 10.1. The first kappa shape index (κ1) is 14.2. The molecule has 104 valence electrons. The van der Waals surface area contributed by atoms with E-state index < -0.39 is 27.0 Å². The Morgan fingerprint density at radius 1 is 1.47 bits per heavy atom. The van der Waals surface area contributed by atoms with Crippen LogP contribution in [0.5, 0.6) is 0 Å². The van der Waals surface area contributed by atoms with Crippen LogP contribution in [0, 0.1) is 6.92 Å². The Morgan fingerprint density at radius 2 is 2.05 bits per heavy atom. The first-order chi connectivity index (χ1) is 8.90. The van der Waals surface area contributed by atoms with E-state index in [4.69, 9.17) is 4.74 Å². The van der Waals surface area contributed by atoms with Crippen LogP contribution in [-0.2, 0) is 14.6 Å². The highest BCUT2D eigenvalue weighted by Gasteiger charge is 2.69. The third-order valence-electron chi connectivity index (χ3n) is 3.47. The Bertz CT molecular complexity index is 576. The summed E-state index contributed by atoms with van der Waals surface area (Å²) in [5.74, 6) is 0. The largest absolute Gasteiger partial charge is 0.389 e. The molecule has 1 aromatic carbocycles. The van der Waals surface area contributed by atoms with Gasteiger partial charge >= 0.3 is 0 Å². The Balaban J connectivity index is 2.48. The van der Waals surface area contributed by atoms with Gasteiger partial charge in [-0.1, -0.05) is 30.7 Å². The topological polar surface area (TPSA) is 66.9 Å². The molecule has 1 N–H and O–H groups in total. The molecule has 0 saturated carbocycles. The van der Waals surface area contributed by atoms with E-state index in [9.17, 15) is 13.5 Å². The summed E-state index contributed by atoms with van der Waals surface area (Å²) in [6.45, 7) is 7.16. The average molecular weight is 282 g/mol. The molecule has 0 unspecified atom stereocenters. The molecule has 2 rings (SSSR count). The fourth-order valence-electron chi connectivity index (χ4n) is 2.23. The Hall–Kier alpha value is -1.17. The number of aryl methyl sites for hydroxylation is 1. The zero-order chi connectivity index (χ0) is 14.3. The summed E-state index contributed by atoms with van der Waals surface area (Å²) in [6, 6.07) is 6.53. The van der Waals surface area contributed by atoms with Crippen LogP contribution >= 0.6 is 0 Å². The minimum Gasteiger partial charge on any atom is -0.389 e. The standard InChI is InChI=1S/C14H18O4S/c1-4-12(15)14(13(5-2)18-14)19(16,17)11-8-6-10(3)7-9-11/h5-9,12-13,15H,2,4H2,1,3H3/t12-,13+,14+/m1/s1. The number of hydrogen-bond donors (Lipinski definition) is 1. The van der Waals surface area contributed by atoms with Gasteiger partial charge in [-0.15, -0.1) is 6.58 Å². The lowest BCUT2D eigenvalue weighted by molar-refractivity contribution is 0.111. The molecule has 19 heavy (non-hydrogen) atoms. The van der Waals surface area contributed by atoms with E-state index in [1.54, 1.807) is 19.1 Å². The van der Waals surface area contributed by atoms with Crippen molar-refractivity contribution in [3.63, 3.8) is 0 Å². The third-order valence-corrected chi connectivity index (χ3v) is 5.80. The molecule has 0 aromatic heterocycles. The van der Waals surface area contributed by atoms with Crippen LogP contribution in [0.3, 0.4) is 0 Å². The summed E-state index contributed by atoms with van der Waals surface area (Å²) in [7, 11) is -3.76. The molecule has 1 aromatic rings. The van der Waals surface area contributed by atoms with Gasteiger partial charge in [-0.25, -0.2) is 8.42 Å². The van der Waals surface area contributed by atoms with Gasteiger partial charge in [0.2, 0.25) is 14.8 Å². The van der Waals surface area contributed by atoms with Gasteiger partial charge in [0, 0.05) is 0 Å². The van der Waals surface area contributed by atoms with Crippen molar-refractivity contribution in [1.29, 1.82) is 0 Å². The van der Waals surface area contributed by atoms with Crippen molar-refractivity contribution in [3.05, 3.63) is 42.5 Å². The molecule has 0 bridgehead atoms. The van der Waals surface area contributed by atoms with Gasteiger partial charge in [0.25, 0.3) is 0 Å². The van der Waals surface area contributed by atoms with Crippen molar-refractivity contribution >= 4 is 9.84 Å². The van der Waals surface area contributed by atoms with Crippen LogP contribution in [0.25, 0.3) is 0 Å². The second-order valence-electron chi connectivity index (χ2n) is 4.74. The van der Waals surface area contributed by atoms with Crippen molar-refractivity contribution in [2.45, 2.75) is 42.3 Å². The summed E-state index contributed by atoms with van der Waals surface area (Å²) in [6.07, 6.45) is -0.00406. The zero-order valence-corrected chi connectivity index (χ0v) is 11.9. The monoisotopic (exact) mass is 282 g/mol. The lowest BCUT2D eigenvalue weighted by Gasteiger charge is -2.19. The quantitative estimate of drug-likeness (QED) is 0.661. The number of ether oxygens (including phenoxy) is 1. The summed E-state index contributed by atoms with van der Waals surface area (Å²) < 4.78 is 30.6. The molecule has 4 nitrogen and oxygen atoms in total. The van der Waals surface area contributed by atoms with Crippen LogP contribution in [-0.4, -0.2) is 30.7 Å². The van der Waals surface area contributed by atoms with Crippen LogP contribution < -0.4 is 0 Å². The van der Waals surface area contributed by atoms with E-state index in [2.05, 4.69) is 6.58 Å². The van der Waals surface area contributed by atoms with E-state index in [0.29, 0.717) is 6.42 Å². The van der Waals surface area contributed by atoms with Crippen molar-refractivity contribution in [2.75, 3.05) is 0 Å². The fourth-order valence-corrected chi connectivity index (χ4v) is 4.25. The molecule has 1 aliphatic rings. The first-order valence-electron chi connectivity index (χ1n) is 6.20. The van der Waals surface area contributed by atoms with Crippen LogP contribution in [0.15, 0.2) is 41.8 Å². The molecule has 1 fully saturated rings. The number of sulfone groups is 1. The number of benzene rings is 1. The first-order valence-corrected chi connectivity index (χ1v) is 7.68. The summed E-state index contributed by atoms with van der Waals surface area (Å²) >= 11 is 0. The summed E-state index contributed by atoms with van der Waals surface area (Å²) in [5, 5.41) is 10.0. The number of rotatable bonds is 5. The number of aliphatic hydroxyl groups excluding tert-OH is 1. The fraction of sp³-hybridized carbons (Fsp3) is 0.429. The molecule has 0 amide bonds. The lowest BCUT2D eigenvalue weighted by Crippen LogP contribution is -2.39. The smallest absolute Gasteiger partial charge is 0.229 e. The number of epoxide rings is 1. The molecule has 0 spiro atoms. The normalized spacial score (nSPS) is 27.8. The number of hydrogen-bond acceptors (Lipinski definition) is 4. The predicted octanol–water partition coefficient (Wildman–Crippen LogP) is 1.82. The highest BCUT2D eigenvalue weighted by atomic mass is 32.2. The zero-order valence-electron chi connectivity index (χ0n) is 11.0. The SMILES string of the molecule is C=C[C@@H]1O[C@@]1([C@H](O)CC)S(=O)(=O)c1ccc(C)cc1. The second-order valence-corrected chi connectivity index (χ2v) is 6.85. The van der Waals surface area contributed by atoms with E-state index in [-0.39, 0.29) is 4.90 Å². The van der Waals surface area contributed by atoms with E-state index >= 15 is 0 Å². The maximum absolute atomic E-state index is 12.7.